The second kappa shape index (κ2) is 14.0. The highest BCUT2D eigenvalue weighted by Crippen LogP contribution is 2.39. The Labute approximate surface area is 284 Å². The van der Waals surface area contributed by atoms with E-state index in [1.807, 2.05) is 6.07 Å². The van der Waals surface area contributed by atoms with Crippen LogP contribution in [0.25, 0.3) is 0 Å². The number of hydrogen-bond donors (Lipinski definition) is 3. The first kappa shape index (κ1) is 35.2. The fourth-order valence-electron chi connectivity index (χ4n) is 4.74. The lowest BCUT2D eigenvalue weighted by atomic mass is 9.76. The zero-order valence-electron chi connectivity index (χ0n) is 26.6. The summed E-state index contributed by atoms with van der Waals surface area (Å²) in [5.41, 5.74) is 8.83. The maximum atomic E-state index is 13.1. The van der Waals surface area contributed by atoms with E-state index in [9.17, 15) is 14.4 Å². The number of rotatable bonds is 10. The van der Waals surface area contributed by atoms with E-state index in [0.29, 0.717) is 11.4 Å². The molecule has 4 N–H and O–H groups in total. The fraction of sp³-hybridized carbons (Fsp3) is 0.353. The van der Waals surface area contributed by atoms with Crippen LogP contribution >= 0.6 is 34.8 Å². The number of amidine groups is 1. The number of hydrazone groups is 1. The lowest BCUT2D eigenvalue weighted by Gasteiger charge is -2.30. The summed E-state index contributed by atoms with van der Waals surface area (Å²) >= 11 is 18.5. The maximum absolute atomic E-state index is 13.1. The molecular weight excluding hydrogens is 649 g/mol. The highest BCUT2D eigenvalue weighted by Gasteiger charge is 2.37. The number of nitrogens with one attached hydrogen (secondary N) is 2. The average molecular weight is 687 g/mol. The highest BCUT2D eigenvalue weighted by atomic mass is 35.5. The predicted molar refractivity (Wildman–Crippen MR) is 185 cm³/mol. The van der Waals surface area contributed by atoms with Crippen molar-refractivity contribution in [3.05, 3.63) is 86.4 Å². The molecule has 0 saturated heterocycles. The number of nitrogens with two attached hydrogens (primary N) is 1. The lowest BCUT2D eigenvalue weighted by molar-refractivity contribution is -0.118. The van der Waals surface area contributed by atoms with E-state index < -0.39 is 23.8 Å². The number of benzene rings is 3. The maximum Gasteiger partial charge on any atom is 0.272 e. The van der Waals surface area contributed by atoms with Gasteiger partial charge in [-0.25, -0.2) is 0 Å². The second-order valence-electron chi connectivity index (χ2n) is 12.4. The van der Waals surface area contributed by atoms with Gasteiger partial charge in [0.25, 0.3) is 17.7 Å². The molecule has 0 saturated carbocycles. The van der Waals surface area contributed by atoms with Gasteiger partial charge < -0.3 is 21.1 Å². The van der Waals surface area contributed by atoms with Gasteiger partial charge in [-0.05, 0) is 65.6 Å². The van der Waals surface area contributed by atoms with E-state index in [2.05, 4.69) is 69.4 Å². The van der Waals surface area contributed by atoms with Crippen molar-refractivity contribution in [2.24, 2.45) is 10.8 Å². The summed E-state index contributed by atoms with van der Waals surface area (Å²) in [5, 5.41) is 10.9. The highest BCUT2D eigenvalue weighted by molar-refractivity contribution is 6.43. The van der Waals surface area contributed by atoms with Crippen LogP contribution in [0.5, 0.6) is 5.75 Å². The van der Waals surface area contributed by atoms with Gasteiger partial charge in [0.15, 0.2) is 12.4 Å². The zero-order valence-corrected chi connectivity index (χ0v) is 28.9. The first-order chi connectivity index (χ1) is 21.6. The average Bonchev–Trinajstić information content (AvgIpc) is 3.27. The van der Waals surface area contributed by atoms with Gasteiger partial charge in [0.1, 0.15) is 17.5 Å². The Hall–Kier alpha value is -3.63. The third-order valence-corrected chi connectivity index (χ3v) is 9.23. The topological polar surface area (TPSA) is 126 Å². The molecule has 4 rings (SSSR count). The Morgan fingerprint density at radius 2 is 1.59 bits per heavy atom. The van der Waals surface area contributed by atoms with Crippen LogP contribution in [0.3, 0.4) is 0 Å². The molecule has 1 heterocycles. The number of hydrogen-bond acceptors (Lipinski definition) is 6. The smallest absolute Gasteiger partial charge is 0.272 e. The number of amides is 3. The number of carbonyl (C=O) groups is 3. The van der Waals surface area contributed by atoms with Crippen molar-refractivity contribution in [1.29, 1.82) is 0 Å². The minimum Gasteiger partial charge on any atom is -0.483 e. The summed E-state index contributed by atoms with van der Waals surface area (Å²) in [6.45, 7) is 12.8. The van der Waals surface area contributed by atoms with Gasteiger partial charge in [0.2, 0.25) is 0 Å². The molecule has 0 aromatic heterocycles. The Kier molecular flexibility index (Phi) is 10.7. The van der Waals surface area contributed by atoms with Crippen LogP contribution in [-0.2, 0) is 20.4 Å². The van der Waals surface area contributed by atoms with Crippen molar-refractivity contribution < 1.29 is 19.1 Å². The second-order valence-corrected chi connectivity index (χ2v) is 13.6. The number of ether oxygens (including phenoxy) is 1. The zero-order chi connectivity index (χ0) is 34.0. The van der Waals surface area contributed by atoms with Crippen molar-refractivity contribution in [3.8, 4) is 5.75 Å². The van der Waals surface area contributed by atoms with Crippen LogP contribution in [0.2, 0.25) is 15.1 Å². The first-order valence-electron chi connectivity index (χ1n) is 14.9. The van der Waals surface area contributed by atoms with E-state index in [-0.39, 0.29) is 49.6 Å². The quantitative estimate of drug-likeness (QED) is 0.204. The van der Waals surface area contributed by atoms with Crippen molar-refractivity contribution >= 4 is 69.7 Å². The molecule has 0 radical (unpaired) electrons. The number of anilines is 2. The summed E-state index contributed by atoms with van der Waals surface area (Å²) in [4.78, 5) is 38.9. The fourth-order valence-corrected chi connectivity index (χ4v) is 5.71. The van der Waals surface area contributed by atoms with Crippen LogP contribution in [0.4, 0.5) is 11.4 Å². The van der Waals surface area contributed by atoms with Crippen molar-refractivity contribution in [3.63, 3.8) is 0 Å². The van der Waals surface area contributed by atoms with Gasteiger partial charge >= 0.3 is 0 Å². The molecule has 0 fully saturated rings. The molecule has 1 aliphatic rings. The molecule has 3 aromatic rings. The standard InChI is InChI=1S/C34H38Cl3N5O4/c1-7-33(3,4)20-12-13-26(23(15-20)34(5,6)8-2)46-18-27(43)39-22-11-9-10-19(14-22)31(44)40-30-28(38)32(45)42(41-30)29-24(36)16-21(35)17-25(29)37/h9-17,28H,7-8,18,38H2,1-6H3,(H,39,43)(H,40,41,44). The van der Waals surface area contributed by atoms with Crippen LogP contribution in [0.1, 0.15) is 75.9 Å². The third-order valence-electron chi connectivity index (χ3n) is 8.44. The summed E-state index contributed by atoms with van der Waals surface area (Å²) in [7, 11) is 0. The third kappa shape index (κ3) is 7.66. The number of nitrogens with zero attached hydrogens (tertiary/aromatic N) is 2. The van der Waals surface area contributed by atoms with Gasteiger partial charge in [0.05, 0.1) is 10.0 Å². The Morgan fingerprint density at radius 3 is 2.22 bits per heavy atom. The largest absolute Gasteiger partial charge is 0.483 e. The molecule has 46 heavy (non-hydrogen) atoms. The molecule has 12 heteroatoms. The molecule has 3 amide bonds. The summed E-state index contributed by atoms with van der Waals surface area (Å²) in [5.74, 6) is -1.07. The molecule has 1 unspecified atom stereocenters. The molecule has 9 nitrogen and oxygen atoms in total. The van der Waals surface area contributed by atoms with E-state index in [1.165, 1.54) is 23.8 Å². The van der Waals surface area contributed by atoms with Crippen molar-refractivity contribution in [1.82, 2.24) is 5.32 Å². The predicted octanol–water partition coefficient (Wildman–Crippen LogP) is 7.46. The van der Waals surface area contributed by atoms with Gasteiger partial charge in [-0.15, -0.1) is 5.10 Å². The molecule has 3 aromatic carbocycles. The minimum absolute atomic E-state index is 0.00820. The van der Waals surface area contributed by atoms with Gasteiger partial charge in [-0.3, -0.25) is 14.4 Å². The molecule has 244 valence electrons. The summed E-state index contributed by atoms with van der Waals surface area (Å²) < 4.78 is 6.04. The molecule has 0 bridgehead atoms. The van der Waals surface area contributed by atoms with E-state index in [0.717, 1.165) is 23.4 Å². The molecule has 0 spiro atoms. The number of carbonyl (C=O) groups excluding carboxylic acids is 3. The van der Waals surface area contributed by atoms with Crippen molar-refractivity contribution in [2.75, 3.05) is 16.9 Å². The molecule has 1 atom stereocenters. The van der Waals surface area contributed by atoms with Gasteiger partial charge in [0, 0.05) is 21.8 Å². The Balaban J connectivity index is 1.45. The van der Waals surface area contributed by atoms with E-state index in [4.69, 9.17) is 45.3 Å². The normalized spacial score (nSPS) is 15.1. The summed E-state index contributed by atoms with van der Waals surface area (Å²) in [6.07, 6.45) is 1.88. The minimum atomic E-state index is -1.27. The van der Waals surface area contributed by atoms with Crippen LogP contribution in [-0.4, -0.2) is 36.2 Å². The SMILES string of the molecule is CCC(C)(C)c1ccc(OCC(=O)Nc2cccc(C(=O)NC3=NN(c4c(Cl)cc(Cl)cc4Cl)C(=O)C3N)c2)c(C(C)(C)CC)c1. The Bertz CT molecular complexity index is 1680. The first-order valence-corrected chi connectivity index (χ1v) is 16.0. The molecular formula is C34H38Cl3N5O4. The lowest BCUT2D eigenvalue weighted by Crippen LogP contribution is -2.46. The van der Waals surface area contributed by atoms with Gasteiger partial charge in [-0.2, -0.15) is 5.01 Å². The van der Waals surface area contributed by atoms with Crippen LogP contribution in [0, 0.1) is 0 Å². The van der Waals surface area contributed by atoms with E-state index in [1.54, 1.807) is 18.2 Å². The molecule has 1 aliphatic heterocycles. The number of halogens is 3. The molecule has 0 aliphatic carbocycles. The van der Waals surface area contributed by atoms with Crippen molar-refractivity contribution in [2.45, 2.75) is 71.3 Å². The van der Waals surface area contributed by atoms with Gasteiger partial charge in [-0.1, -0.05) is 94.5 Å². The van der Waals surface area contributed by atoms with E-state index >= 15 is 0 Å². The summed E-state index contributed by atoms with van der Waals surface area (Å²) in [6, 6.07) is 14.0. The Morgan fingerprint density at radius 1 is 0.935 bits per heavy atom. The van der Waals surface area contributed by atoms with Crippen LogP contribution < -0.4 is 26.1 Å². The monoisotopic (exact) mass is 685 g/mol. The van der Waals surface area contributed by atoms with Crippen LogP contribution in [0.15, 0.2) is 59.7 Å².